The number of aromatic nitrogens is 2. The van der Waals surface area contributed by atoms with Crippen molar-refractivity contribution >= 4 is 28.6 Å². The minimum atomic E-state index is -0.371. The molecular formula is C30H34N4O3S. The fourth-order valence-electron chi connectivity index (χ4n) is 4.27. The van der Waals surface area contributed by atoms with Gasteiger partial charge in [-0.25, -0.2) is 4.98 Å². The van der Waals surface area contributed by atoms with Crippen molar-refractivity contribution in [2.45, 2.75) is 25.3 Å². The van der Waals surface area contributed by atoms with Crippen LogP contribution in [0.1, 0.15) is 27.2 Å². The number of carbonyl (C=O) groups is 1. The predicted octanol–water partition coefficient (Wildman–Crippen LogP) is 5.14. The molecule has 0 saturated heterocycles. The zero-order valence-corrected chi connectivity index (χ0v) is 23.6. The third kappa shape index (κ3) is 6.09. The summed E-state index contributed by atoms with van der Waals surface area (Å²) in [6.07, 6.45) is 2.04. The summed E-state index contributed by atoms with van der Waals surface area (Å²) in [7, 11) is 5.58. The number of pyridine rings is 2. The number of thioether (sulfide) groups is 1. The van der Waals surface area contributed by atoms with Gasteiger partial charge in [-0.2, -0.15) is 0 Å². The van der Waals surface area contributed by atoms with Crippen LogP contribution in [0.5, 0.6) is 5.75 Å². The molecule has 1 amide bonds. The molecule has 0 aliphatic rings. The number of ether oxygens (including phenoxy) is 1. The lowest BCUT2D eigenvalue weighted by atomic mass is 10.0. The molecule has 0 fully saturated rings. The molecule has 0 aliphatic heterocycles. The van der Waals surface area contributed by atoms with E-state index in [0.717, 1.165) is 49.6 Å². The Labute approximate surface area is 227 Å². The van der Waals surface area contributed by atoms with Crippen molar-refractivity contribution in [2.75, 3.05) is 40.6 Å². The minimum absolute atomic E-state index is 0.149. The summed E-state index contributed by atoms with van der Waals surface area (Å²) in [5.41, 5.74) is 4.94. The quantitative estimate of drug-likeness (QED) is 0.302. The van der Waals surface area contributed by atoms with Crippen molar-refractivity contribution in [3.05, 3.63) is 87.3 Å². The monoisotopic (exact) mass is 530 g/mol. The molecule has 38 heavy (non-hydrogen) atoms. The first-order valence-corrected chi connectivity index (χ1v) is 13.7. The number of methoxy groups -OCH3 is 1. The van der Waals surface area contributed by atoms with E-state index < -0.39 is 0 Å². The van der Waals surface area contributed by atoms with Gasteiger partial charge in [0.2, 0.25) is 0 Å². The molecule has 0 spiro atoms. The number of fused-ring (bicyclic) bond motifs is 1. The number of amides is 1. The molecule has 2 aromatic heterocycles. The topological polar surface area (TPSA) is 78.5 Å². The Morgan fingerprint density at radius 1 is 1.03 bits per heavy atom. The second-order valence-electron chi connectivity index (χ2n) is 9.63. The molecule has 0 aliphatic carbocycles. The van der Waals surface area contributed by atoms with Gasteiger partial charge in [0.15, 0.2) is 0 Å². The summed E-state index contributed by atoms with van der Waals surface area (Å²) in [6.45, 7) is 5.16. The van der Waals surface area contributed by atoms with Crippen LogP contribution in [-0.2, 0) is 6.54 Å². The number of benzene rings is 2. The van der Waals surface area contributed by atoms with Gasteiger partial charge in [-0.1, -0.05) is 6.07 Å². The minimum Gasteiger partial charge on any atom is -0.497 e. The molecule has 4 aromatic rings. The highest BCUT2D eigenvalue weighted by atomic mass is 32.2. The highest BCUT2D eigenvalue weighted by molar-refractivity contribution is 7.98. The average molecular weight is 531 g/mol. The highest BCUT2D eigenvalue weighted by Crippen LogP contribution is 2.30. The molecule has 2 aromatic carbocycles. The Bertz CT molecular complexity index is 1510. The van der Waals surface area contributed by atoms with E-state index in [-0.39, 0.29) is 17.0 Å². The number of hydrogen-bond acceptors (Lipinski definition) is 6. The van der Waals surface area contributed by atoms with E-state index in [0.29, 0.717) is 19.6 Å². The average Bonchev–Trinajstić information content (AvgIpc) is 2.91. The van der Waals surface area contributed by atoms with E-state index in [1.807, 2.05) is 63.4 Å². The van der Waals surface area contributed by atoms with Gasteiger partial charge in [-0.3, -0.25) is 9.59 Å². The summed E-state index contributed by atoms with van der Waals surface area (Å²) < 4.78 is 5.35. The van der Waals surface area contributed by atoms with Crippen molar-refractivity contribution in [1.82, 2.24) is 19.8 Å². The van der Waals surface area contributed by atoms with Crippen LogP contribution in [0.4, 0.5) is 0 Å². The van der Waals surface area contributed by atoms with Gasteiger partial charge in [0.05, 0.1) is 18.3 Å². The van der Waals surface area contributed by atoms with Gasteiger partial charge >= 0.3 is 0 Å². The van der Waals surface area contributed by atoms with Crippen LogP contribution >= 0.6 is 11.8 Å². The van der Waals surface area contributed by atoms with Crippen LogP contribution in [0.3, 0.4) is 0 Å². The zero-order valence-electron chi connectivity index (χ0n) is 22.8. The highest BCUT2D eigenvalue weighted by Gasteiger charge is 2.22. The zero-order chi connectivity index (χ0) is 27.4. The van der Waals surface area contributed by atoms with Crippen LogP contribution in [0, 0.1) is 13.8 Å². The molecule has 198 valence electrons. The summed E-state index contributed by atoms with van der Waals surface area (Å²) in [4.78, 5) is 39.3. The summed E-state index contributed by atoms with van der Waals surface area (Å²) in [5, 5.41) is 0.999. The smallest absolute Gasteiger partial charge is 0.261 e. The molecule has 1 N–H and O–H groups in total. The van der Waals surface area contributed by atoms with Crippen molar-refractivity contribution in [1.29, 1.82) is 0 Å². The molecule has 0 bridgehead atoms. The van der Waals surface area contributed by atoms with Crippen LogP contribution in [0.25, 0.3) is 22.2 Å². The molecule has 4 rings (SSSR count). The lowest BCUT2D eigenvalue weighted by molar-refractivity contribution is 0.0730. The molecule has 8 heteroatoms. The predicted molar refractivity (Wildman–Crippen MR) is 155 cm³/mol. The Balaban J connectivity index is 1.83. The van der Waals surface area contributed by atoms with Gasteiger partial charge in [0.1, 0.15) is 11.3 Å². The molecule has 0 radical (unpaired) electrons. The van der Waals surface area contributed by atoms with Crippen molar-refractivity contribution in [3.8, 4) is 17.0 Å². The Kier molecular flexibility index (Phi) is 8.54. The molecule has 7 nitrogen and oxygen atoms in total. The lowest BCUT2D eigenvalue weighted by Gasteiger charge is -2.26. The van der Waals surface area contributed by atoms with Gasteiger partial charge in [-0.15, -0.1) is 11.8 Å². The van der Waals surface area contributed by atoms with Gasteiger partial charge in [-0.05, 0) is 93.9 Å². The third-order valence-electron chi connectivity index (χ3n) is 6.66. The number of aryl methyl sites for hydroxylation is 2. The Hall–Kier alpha value is -3.62. The number of H-pyrrole nitrogens is 1. The standard InChI is InChI=1S/C30H34N4O3S/c1-19-15-26(29(35)31-20(19)2)30(36)34(14-13-33(3)4)18-23-16-22-9-12-25(38-6)17-27(22)32-28(23)21-7-10-24(37-5)11-8-21/h7-12,15-17H,13-14,18H2,1-6H3,(H,31,35). The first-order valence-electron chi connectivity index (χ1n) is 12.5. The second-order valence-corrected chi connectivity index (χ2v) is 10.5. The molecular weight excluding hydrogens is 496 g/mol. The maximum atomic E-state index is 13.8. The van der Waals surface area contributed by atoms with Crippen LogP contribution < -0.4 is 10.3 Å². The fourth-order valence-corrected chi connectivity index (χ4v) is 4.71. The maximum absolute atomic E-state index is 13.8. The van der Waals surface area contributed by atoms with Crippen molar-refractivity contribution in [2.24, 2.45) is 0 Å². The molecule has 0 saturated carbocycles. The van der Waals surface area contributed by atoms with Crippen LogP contribution in [0.15, 0.2) is 64.3 Å². The lowest BCUT2D eigenvalue weighted by Crippen LogP contribution is -2.39. The fraction of sp³-hybridized carbons (Fsp3) is 0.300. The first kappa shape index (κ1) is 27.4. The van der Waals surface area contributed by atoms with E-state index >= 15 is 0 Å². The normalized spacial score (nSPS) is 11.2. The van der Waals surface area contributed by atoms with E-state index in [2.05, 4.69) is 29.2 Å². The van der Waals surface area contributed by atoms with E-state index in [4.69, 9.17) is 9.72 Å². The van der Waals surface area contributed by atoms with Gasteiger partial charge in [0.25, 0.3) is 11.5 Å². The van der Waals surface area contributed by atoms with Crippen LogP contribution in [-0.4, -0.2) is 66.2 Å². The number of aromatic amines is 1. The SMILES string of the molecule is COc1ccc(-c2nc3cc(SC)ccc3cc2CN(CCN(C)C)C(=O)c2cc(C)c(C)[nH]c2=O)cc1. The largest absolute Gasteiger partial charge is 0.497 e. The van der Waals surface area contributed by atoms with E-state index in [9.17, 15) is 9.59 Å². The molecule has 0 atom stereocenters. The Morgan fingerprint density at radius 3 is 2.42 bits per heavy atom. The van der Waals surface area contributed by atoms with Gasteiger partial charge < -0.3 is 19.5 Å². The van der Waals surface area contributed by atoms with E-state index in [1.54, 1.807) is 29.8 Å². The number of rotatable bonds is 9. The second kappa shape index (κ2) is 11.8. The number of nitrogens with zero attached hydrogens (tertiary/aromatic N) is 3. The third-order valence-corrected chi connectivity index (χ3v) is 7.39. The molecule has 0 unspecified atom stereocenters. The summed E-state index contributed by atoms with van der Waals surface area (Å²) in [6, 6.07) is 17.8. The summed E-state index contributed by atoms with van der Waals surface area (Å²) >= 11 is 1.67. The van der Waals surface area contributed by atoms with E-state index in [1.165, 1.54) is 0 Å². The van der Waals surface area contributed by atoms with Crippen molar-refractivity contribution < 1.29 is 9.53 Å². The summed E-state index contributed by atoms with van der Waals surface area (Å²) in [5.74, 6) is 0.465. The van der Waals surface area contributed by atoms with Gasteiger partial charge in [0, 0.05) is 41.2 Å². The molecule has 2 heterocycles. The first-order chi connectivity index (χ1) is 18.2. The number of likely N-dealkylation sites (N-methyl/N-ethyl adjacent to an activating group) is 1. The van der Waals surface area contributed by atoms with Crippen molar-refractivity contribution in [3.63, 3.8) is 0 Å². The number of nitrogens with one attached hydrogen (secondary N) is 1. The number of hydrogen-bond donors (Lipinski definition) is 1. The Morgan fingerprint density at radius 2 is 1.76 bits per heavy atom. The van der Waals surface area contributed by atoms with Crippen LogP contribution in [0.2, 0.25) is 0 Å². The maximum Gasteiger partial charge on any atom is 0.261 e. The number of carbonyl (C=O) groups excluding carboxylic acids is 1.